The number of hydrogen-bond donors (Lipinski definition) is 0. The van der Waals surface area contributed by atoms with Gasteiger partial charge < -0.3 is 0 Å². The van der Waals surface area contributed by atoms with Crippen molar-refractivity contribution in [3.63, 3.8) is 0 Å². The Morgan fingerprint density at radius 3 is 2.15 bits per heavy atom. The minimum Gasteiger partial charge on any atom is -0.201 e. The van der Waals surface area contributed by atoms with Crippen LogP contribution in [0.1, 0.15) is 106 Å². The van der Waals surface area contributed by atoms with Crippen molar-refractivity contribution in [3.05, 3.63) is 130 Å². The molecule has 0 spiro atoms. The van der Waals surface area contributed by atoms with Crippen LogP contribution in [-0.2, 0) is 29.8 Å². The molecular formula is C44H48N2+2. The molecule has 0 saturated carbocycles. The van der Waals surface area contributed by atoms with E-state index in [4.69, 9.17) is 0 Å². The van der Waals surface area contributed by atoms with Crippen molar-refractivity contribution in [2.45, 2.75) is 96.4 Å². The number of nitrogens with zero attached hydrogens (tertiary/aromatic N) is 2. The summed E-state index contributed by atoms with van der Waals surface area (Å²) in [5.41, 5.74) is 18.9. The zero-order valence-corrected chi connectivity index (χ0v) is 29.0. The van der Waals surface area contributed by atoms with E-state index >= 15 is 0 Å². The van der Waals surface area contributed by atoms with E-state index in [-0.39, 0.29) is 16.4 Å². The molecule has 0 bridgehead atoms. The van der Waals surface area contributed by atoms with E-state index in [9.17, 15) is 0 Å². The highest BCUT2D eigenvalue weighted by Gasteiger charge is 2.56. The van der Waals surface area contributed by atoms with Gasteiger partial charge in [-0.25, -0.2) is 4.57 Å². The van der Waals surface area contributed by atoms with Gasteiger partial charge in [0.25, 0.3) is 0 Å². The summed E-state index contributed by atoms with van der Waals surface area (Å²) in [4.78, 5) is 0. The van der Waals surface area contributed by atoms with Crippen LogP contribution in [-0.4, -0.2) is 0 Å². The van der Waals surface area contributed by atoms with Crippen LogP contribution in [0.5, 0.6) is 0 Å². The van der Waals surface area contributed by atoms with Crippen LogP contribution in [0.3, 0.4) is 0 Å². The summed E-state index contributed by atoms with van der Waals surface area (Å²) in [6.07, 6.45) is 9.07. The second kappa shape index (κ2) is 9.98. The predicted octanol–water partition coefficient (Wildman–Crippen LogP) is 9.63. The SMILES string of the molecule is CCC1(CC)C(CCc2ccc(-c3ccccc3)c3c2-c2c(c(C)cc[n+]2C)C3(C)C)c2cccc3c2-c2c(ccc[n+]21)C3(C)C. The van der Waals surface area contributed by atoms with Crippen molar-refractivity contribution >= 4 is 0 Å². The van der Waals surface area contributed by atoms with Gasteiger partial charge in [-0.15, -0.1) is 0 Å². The van der Waals surface area contributed by atoms with E-state index in [0.717, 1.165) is 25.7 Å². The number of benzene rings is 3. The fourth-order valence-corrected chi connectivity index (χ4v) is 10.3. The number of pyridine rings is 2. The summed E-state index contributed by atoms with van der Waals surface area (Å²) in [5, 5.41) is 0. The highest BCUT2D eigenvalue weighted by Crippen LogP contribution is 2.57. The fourth-order valence-electron chi connectivity index (χ4n) is 10.3. The molecule has 2 aromatic heterocycles. The van der Waals surface area contributed by atoms with Gasteiger partial charge in [0.15, 0.2) is 17.9 Å². The van der Waals surface area contributed by atoms with Crippen LogP contribution >= 0.6 is 0 Å². The Bertz CT molecular complexity index is 2040. The lowest BCUT2D eigenvalue weighted by atomic mass is 9.68. The van der Waals surface area contributed by atoms with Crippen molar-refractivity contribution in [2.24, 2.45) is 7.05 Å². The third kappa shape index (κ3) is 3.65. The van der Waals surface area contributed by atoms with Gasteiger partial charge in [-0.3, -0.25) is 0 Å². The van der Waals surface area contributed by atoms with E-state index in [1.54, 1.807) is 5.56 Å². The zero-order valence-electron chi connectivity index (χ0n) is 29.0. The highest BCUT2D eigenvalue weighted by atomic mass is 15.1. The molecule has 0 saturated heterocycles. The fraction of sp³-hybridized carbons (Fsp3) is 0.364. The average Bonchev–Trinajstić information content (AvgIpc) is 3.47. The molecule has 0 fully saturated rings. The lowest BCUT2D eigenvalue weighted by Gasteiger charge is -2.40. The second-order valence-electron chi connectivity index (χ2n) is 15.3. The maximum Gasteiger partial charge on any atom is 0.217 e. The van der Waals surface area contributed by atoms with Crippen molar-refractivity contribution in [1.29, 1.82) is 0 Å². The third-order valence-electron chi connectivity index (χ3n) is 12.5. The molecule has 232 valence electrons. The van der Waals surface area contributed by atoms with Gasteiger partial charge in [0.05, 0.1) is 17.0 Å². The number of rotatable bonds is 6. The number of aromatic nitrogens is 2. The Labute approximate surface area is 275 Å². The summed E-state index contributed by atoms with van der Waals surface area (Å²) >= 11 is 0. The summed E-state index contributed by atoms with van der Waals surface area (Å²) in [6, 6.07) is 30.1. The molecule has 3 heterocycles. The van der Waals surface area contributed by atoms with Crippen molar-refractivity contribution in [2.75, 3.05) is 0 Å². The molecule has 0 amide bonds. The van der Waals surface area contributed by atoms with Gasteiger partial charge in [-0.05, 0) is 64.8 Å². The Balaban J connectivity index is 1.32. The second-order valence-corrected chi connectivity index (χ2v) is 15.3. The largest absolute Gasteiger partial charge is 0.217 e. The van der Waals surface area contributed by atoms with E-state index in [0.29, 0.717) is 5.92 Å². The number of hydrogen-bond acceptors (Lipinski definition) is 0. The molecule has 46 heavy (non-hydrogen) atoms. The smallest absolute Gasteiger partial charge is 0.201 e. The molecule has 0 N–H and O–H groups in total. The topological polar surface area (TPSA) is 7.76 Å². The zero-order chi connectivity index (χ0) is 32.2. The van der Waals surface area contributed by atoms with Crippen LogP contribution in [0.15, 0.2) is 91.3 Å². The maximum absolute atomic E-state index is 2.72. The first-order valence-corrected chi connectivity index (χ1v) is 17.5. The normalized spacial score (nSPS) is 18.7. The van der Waals surface area contributed by atoms with Gasteiger partial charge in [0.1, 0.15) is 7.05 Å². The summed E-state index contributed by atoms with van der Waals surface area (Å²) in [6.45, 7) is 16.9. The maximum atomic E-state index is 2.72. The van der Waals surface area contributed by atoms with Crippen molar-refractivity contribution in [3.8, 4) is 33.6 Å². The van der Waals surface area contributed by atoms with E-state index < -0.39 is 0 Å². The van der Waals surface area contributed by atoms with Crippen molar-refractivity contribution < 1.29 is 9.13 Å². The van der Waals surface area contributed by atoms with Gasteiger partial charge >= 0.3 is 0 Å². The standard InChI is InChI=1S/C44H48N2/c1-9-44(10-2)33(32-18-14-19-34-37(32)40-35(42(34,4)5)20-15-26-46(40)44)24-22-30-21-23-31(29-16-12-11-13-17-29)39-36(30)41-38(43(39,6)7)28(3)25-27-45(41)8/h11-21,23,25-27,33H,9-10,22,24H2,1-8H3/q+2. The molecular weight excluding hydrogens is 556 g/mol. The summed E-state index contributed by atoms with van der Waals surface area (Å²) < 4.78 is 5.11. The Morgan fingerprint density at radius 1 is 0.674 bits per heavy atom. The van der Waals surface area contributed by atoms with E-state index in [2.05, 4.69) is 156 Å². The molecule has 1 atom stereocenters. The molecule has 2 heteroatoms. The minimum absolute atomic E-state index is 0.0157. The molecule has 5 aromatic rings. The van der Waals surface area contributed by atoms with Gasteiger partial charge in [-0.2, -0.15) is 4.57 Å². The predicted molar refractivity (Wildman–Crippen MR) is 189 cm³/mol. The monoisotopic (exact) mass is 604 g/mol. The van der Waals surface area contributed by atoms with Gasteiger partial charge in [-0.1, -0.05) is 102 Å². The Hall–Kier alpha value is -4.04. The third-order valence-corrected chi connectivity index (χ3v) is 12.5. The minimum atomic E-state index is -0.0899. The lowest BCUT2D eigenvalue weighted by Crippen LogP contribution is -2.62. The van der Waals surface area contributed by atoms with E-state index in [1.807, 2.05) is 0 Å². The summed E-state index contributed by atoms with van der Waals surface area (Å²) in [7, 11) is 2.24. The van der Waals surface area contributed by atoms with E-state index in [1.165, 1.54) is 67.0 Å². The highest BCUT2D eigenvalue weighted by molar-refractivity contribution is 5.88. The first-order valence-electron chi connectivity index (χ1n) is 17.5. The van der Waals surface area contributed by atoms with Crippen LogP contribution in [0, 0.1) is 6.92 Å². The van der Waals surface area contributed by atoms with Gasteiger partial charge in [0.2, 0.25) is 11.4 Å². The van der Waals surface area contributed by atoms with Crippen LogP contribution in [0.25, 0.3) is 33.6 Å². The average molecular weight is 605 g/mol. The number of fused-ring (bicyclic) bond motifs is 3. The molecule has 8 rings (SSSR count). The first-order chi connectivity index (χ1) is 22.1. The van der Waals surface area contributed by atoms with Crippen LogP contribution in [0.4, 0.5) is 0 Å². The first kappa shape index (κ1) is 29.4. The molecule has 3 aromatic carbocycles. The van der Waals surface area contributed by atoms with Crippen molar-refractivity contribution in [1.82, 2.24) is 0 Å². The molecule has 1 unspecified atom stereocenters. The molecule has 1 aliphatic heterocycles. The molecule has 0 radical (unpaired) electrons. The number of aryl methyl sites for hydroxylation is 3. The molecule has 2 nitrogen and oxygen atoms in total. The quantitative estimate of drug-likeness (QED) is 0.171. The molecule has 3 aliphatic rings. The van der Waals surface area contributed by atoms with Crippen LogP contribution in [0.2, 0.25) is 0 Å². The Morgan fingerprint density at radius 2 is 1.41 bits per heavy atom. The summed E-state index contributed by atoms with van der Waals surface area (Å²) in [5.74, 6) is 0.434. The van der Waals surface area contributed by atoms with Gasteiger partial charge in [0, 0.05) is 46.9 Å². The molecule has 2 aliphatic carbocycles. The van der Waals surface area contributed by atoms with Crippen LogP contribution < -0.4 is 9.13 Å². The Kier molecular flexibility index (Phi) is 6.37. The lowest BCUT2D eigenvalue weighted by molar-refractivity contribution is -0.763.